The van der Waals surface area contributed by atoms with Crippen LogP contribution in [0.15, 0.2) is 72.9 Å². The topological polar surface area (TPSA) is 94.9 Å². The third kappa shape index (κ3) is 5.17. The Balaban J connectivity index is 1.38. The maximum Gasteiger partial charge on any atom is 0.254 e. The summed E-state index contributed by atoms with van der Waals surface area (Å²) in [5, 5.41) is 2.90. The van der Waals surface area contributed by atoms with E-state index in [0.29, 0.717) is 35.2 Å². The van der Waals surface area contributed by atoms with Crippen LogP contribution in [0.3, 0.4) is 0 Å². The molecular formula is C29H28N4O5. The number of aromatic nitrogens is 2. The molecular weight excluding hydrogens is 484 g/mol. The molecule has 9 heteroatoms. The number of hydrogen-bond donors (Lipinski definition) is 1. The van der Waals surface area contributed by atoms with Gasteiger partial charge in [0.1, 0.15) is 12.3 Å². The minimum atomic E-state index is -0.360. The minimum absolute atomic E-state index is 0.124. The van der Waals surface area contributed by atoms with E-state index in [1.165, 1.54) is 4.90 Å². The summed E-state index contributed by atoms with van der Waals surface area (Å²) in [6.07, 6.45) is 1.87. The first-order chi connectivity index (χ1) is 18.4. The molecule has 0 unspecified atom stereocenters. The quantitative estimate of drug-likeness (QED) is 0.368. The maximum atomic E-state index is 13.2. The van der Waals surface area contributed by atoms with Gasteiger partial charge in [0.25, 0.3) is 5.91 Å². The summed E-state index contributed by atoms with van der Waals surface area (Å²) < 4.78 is 17.8. The van der Waals surface area contributed by atoms with E-state index in [-0.39, 0.29) is 25.2 Å². The van der Waals surface area contributed by atoms with Gasteiger partial charge in [0.15, 0.2) is 11.5 Å². The summed E-state index contributed by atoms with van der Waals surface area (Å²) in [4.78, 5) is 32.5. The Hall–Kier alpha value is -4.79. The van der Waals surface area contributed by atoms with Crippen molar-refractivity contribution in [3.63, 3.8) is 0 Å². The number of fused-ring (bicyclic) bond motifs is 1. The van der Waals surface area contributed by atoms with Crippen LogP contribution in [0.1, 0.15) is 22.8 Å². The highest BCUT2D eigenvalue weighted by Crippen LogP contribution is 2.33. The second kappa shape index (κ2) is 10.7. The third-order valence-electron chi connectivity index (χ3n) is 6.28. The fourth-order valence-corrected chi connectivity index (χ4v) is 4.15. The molecule has 3 aromatic carbocycles. The van der Waals surface area contributed by atoms with E-state index in [2.05, 4.69) is 5.32 Å². The first-order valence-electron chi connectivity index (χ1n) is 12.2. The lowest BCUT2D eigenvalue weighted by atomic mass is 10.1. The Morgan fingerprint density at radius 2 is 1.76 bits per heavy atom. The molecule has 0 atom stereocenters. The van der Waals surface area contributed by atoms with E-state index < -0.39 is 0 Å². The highest BCUT2D eigenvalue weighted by Gasteiger charge is 2.22. The van der Waals surface area contributed by atoms with Crippen LogP contribution in [0, 0.1) is 6.92 Å². The lowest BCUT2D eigenvalue weighted by Gasteiger charge is -2.20. The van der Waals surface area contributed by atoms with Crippen molar-refractivity contribution in [1.29, 1.82) is 0 Å². The molecule has 9 nitrogen and oxygen atoms in total. The summed E-state index contributed by atoms with van der Waals surface area (Å²) in [6.45, 7) is 4.18. The number of nitrogens with one attached hydrogen (secondary N) is 1. The van der Waals surface area contributed by atoms with Crippen molar-refractivity contribution in [3.05, 3.63) is 84.1 Å². The molecule has 1 aliphatic heterocycles. The van der Waals surface area contributed by atoms with Crippen LogP contribution in [0.5, 0.6) is 17.2 Å². The summed E-state index contributed by atoms with van der Waals surface area (Å²) in [7, 11) is 1.62. The monoisotopic (exact) mass is 512 g/mol. The summed E-state index contributed by atoms with van der Waals surface area (Å²) in [6, 6.07) is 20.5. The molecule has 0 saturated carbocycles. The van der Waals surface area contributed by atoms with Crippen LogP contribution in [-0.4, -0.2) is 53.3 Å². The van der Waals surface area contributed by atoms with Crippen LogP contribution < -0.4 is 19.5 Å². The first kappa shape index (κ1) is 24.9. The molecule has 194 valence electrons. The van der Waals surface area contributed by atoms with Gasteiger partial charge in [0.2, 0.25) is 18.6 Å². The summed E-state index contributed by atoms with van der Waals surface area (Å²) in [5.41, 5.74) is 3.96. The molecule has 0 aliphatic carbocycles. The fourth-order valence-electron chi connectivity index (χ4n) is 4.15. The van der Waals surface area contributed by atoms with Crippen molar-refractivity contribution in [1.82, 2.24) is 14.5 Å². The number of hydrogen-bond acceptors (Lipinski definition) is 6. The van der Waals surface area contributed by atoms with E-state index >= 15 is 0 Å². The number of amides is 2. The van der Waals surface area contributed by atoms with Gasteiger partial charge >= 0.3 is 0 Å². The van der Waals surface area contributed by atoms with Gasteiger partial charge in [-0.05, 0) is 68.4 Å². The van der Waals surface area contributed by atoms with Crippen LogP contribution >= 0.6 is 0 Å². The van der Waals surface area contributed by atoms with E-state index in [1.807, 2.05) is 73.1 Å². The molecule has 4 aromatic rings. The van der Waals surface area contributed by atoms with E-state index in [4.69, 9.17) is 19.2 Å². The van der Waals surface area contributed by atoms with Crippen molar-refractivity contribution < 1.29 is 23.8 Å². The Morgan fingerprint density at radius 3 is 2.47 bits per heavy atom. The van der Waals surface area contributed by atoms with Gasteiger partial charge in [-0.15, -0.1) is 0 Å². The molecule has 0 bridgehead atoms. The SMILES string of the molecule is CCN(CC(=O)Nc1nc(-c2ccc(OC)cc2)cn1-c1ccc(C)cc1)C(=O)c1ccc2c(c1)OCO2. The number of carbonyl (C=O) groups is 2. The molecule has 5 rings (SSSR count). The molecule has 1 aromatic heterocycles. The first-order valence-corrected chi connectivity index (χ1v) is 12.2. The van der Waals surface area contributed by atoms with Crippen LogP contribution in [0.4, 0.5) is 5.95 Å². The van der Waals surface area contributed by atoms with E-state index in [0.717, 1.165) is 22.6 Å². The van der Waals surface area contributed by atoms with Crippen molar-refractivity contribution in [3.8, 4) is 34.2 Å². The van der Waals surface area contributed by atoms with Crippen LogP contribution in [-0.2, 0) is 4.79 Å². The molecule has 1 aliphatic rings. The van der Waals surface area contributed by atoms with Crippen molar-refractivity contribution in [2.45, 2.75) is 13.8 Å². The molecule has 2 amide bonds. The van der Waals surface area contributed by atoms with Gasteiger partial charge in [-0.3, -0.25) is 19.5 Å². The number of likely N-dealkylation sites (N-methyl/N-ethyl adjacent to an activating group) is 1. The molecule has 1 N–H and O–H groups in total. The molecule has 0 radical (unpaired) electrons. The zero-order valence-electron chi connectivity index (χ0n) is 21.4. The van der Waals surface area contributed by atoms with Crippen molar-refractivity contribution >= 4 is 17.8 Å². The second-order valence-electron chi connectivity index (χ2n) is 8.82. The Morgan fingerprint density at radius 1 is 1.03 bits per heavy atom. The Bertz CT molecular complexity index is 1460. The Labute approximate surface area is 220 Å². The smallest absolute Gasteiger partial charge is 0.254 e. The standard InChI is InChI=1S/C29H28N4O5/c1-4-32(28(35)21-9-14-25-26(15-21)38-18-37-25)17-27(34)31-29-30-24(20-7-12-23(36-3)13-8-20)16-33(29)22-10-5-19(2)6-11-22/h5-16H,4,17-18H2,1-3H3,(H,30,31,34). The van der Waals surface area contributed by atoms with Crippen LogP contribution in [0.25, 0.3) is 16.9 Å². The zero-order chi connectivity index (χ0) is 26.6. The van der Waals surface area contributed by atoms with Crippen molar-refractivity contribution in [2.24, 2.45) is 0 Å². The van der Waals surface area contributed by atoms with Gasteiger partial charge in [-0.1, -0.05) is 17.7 Å². The molecule has 38 heavy (non-hydrogen) atoms. The molecule has 0 spiro atoms. The number of rotatable bonds is 8. The minimum Gasteiger partial charge on any atom is -0.497 e. The lowest BCUT2D eigenvalue weighted by molar-refractivity contribution is -0.116. The van der Waals surface area contributed by atoms with Crippen LogP contribution in [0.2, 0.25) is 0 Å². The van der Waals surface area contributed by atoms with Gasteiger partial charge < -0.3 is 19.1 Å². The maximum absolute atomic E-state index is 13.2. The zero-order valence-corrected chi connectivity index (χ0v) is 21.4. The molecule has 2 heterocycles. The Kier molecular flexibility index (Phi) is 6.99. The normalized spacial score (nSPS) is 11.8. The largest absolute Gasteiger partial charge is 0.497 e. The number of imidazole rings is 1. The van der Waals surface area contributed by atoms with E-state index in [1.54, 1.807) is 25.3 Å². The van der Waals surface area contributed by atoms with Gasteiger partial charge in [0, 0.05) is 29.6 Å². The third-order valence-corrected chi connectivity index (χ3v) is 6.28. The number of nitrogens with zero attached hydrogens (tertiary/aromatic N) is 3. The number of carbonyl (C=O) groups excluding carboxylic acids is 2. The highest BCUT2D eigenvalue weighted by atomic mass is 16.7. The van der Waals surface area contributed by atoms with Gasteiger partial charge in [-0.25, -0.2) is 4.98 Å². The second-order valence-corrected chi connectivity index (χ2v) is 8.82. The van der Waals surface area contributed by atoms with Gasteiger partial charge in [-0.2, -0.15) is 0 Å². The summed E-state index contributed by atoms with van der Waals surface area (Å²) in [5.74, 6) is 1.58. The number of methoxy groups -OCH3 is 1. The number of benzene rings is 3. The van der Waals surface area contributed by atoms with Gasteiger partial charge in [0.05, 0.1) is 12.8 Å². The predicted molar refractivity (Wildman–Crippen MR) is 143 cm³/mol. The number of ether oxygens (including phenoxy) is 3. The predicted octanol–water partition coefficient (Wildman–Crippen LogP) is 4.69. The average molecular weight is 513 g/mol. The fraction of sp³-hybridized carbons (Fsp3) is 0.207. The summed E-state index contributed by atoms with van der Waals surface area (Å²) >= 11 is 0. The van der Waals surface area contributed by atoms with E-state index in [9.17, 15) is 9.59 Å². The number of anilines is 1. The van der Waals surface area contributed by atoms with Crippen molar-refractivity contribution in [2.75, 3.05) is 32.3 Å². The number of aryl methyl sites for hydroxylation is 1. The molecule has 0 fully saturated rings. The molecule has 0 saturated heterocycles. The lowest BCUT2D eigenvalue weighted by Crippen LogP contribution is -2.38. The highest BCUT2D eigenvalue weighted by molar-refractivity contribution is 5.99. The average Bonchev–Trinajstić information content (AvgIpc) is 3.58.